The van der Waals surface area contributed by atoms with Crippen molar-refractivity contribution in [1.82, 2.24) is 0 Å². The number of allylic oxidation sites excluding steroid dienone is 2. The second-order valence-electron chi connectivity index (χ2n) is 1.80. The summed E-state index contributed by atoms with van der Waals surface area (Å²) in [4.78, 5) is 10.2. The lowest BCUT2D eigenvalue weighted by Crippen LogP contribution is -2.04. The topological polar surface area (TPSA) is 46.5 Å². The SMILES string of the molecule is C=C(C)C=COC(=O)CO. The largest absolute Gasteiger partial charge is 0.433 e. The van der Waals surface area contributed by atoms with Crippen LogP contribution in [0, 0.1) is 0 Å². The van der Waals surface area contributed by atoms with Gasteiger partial charge in [-0.2, -0.15) is 0 Å². The lowest BCUT2D eigenvalue weighted by atomic mass is 10.3. The van der Waals surface area contributed by atoms with Gasteiger partial charge in [0.15, 0.2) is 0 Å². The first-order valence-electron chi connectivity index (χ1n) is 2.79. The molecule has 0 saturated carbocycles. The fourth-order valence-electron chi connectivity index (χ4n) is 0.263. The highest BCUT2D eigenvalue weighted by atomic mass is 16.5. The third kappa shape index (κ3) is 5.05. The summed E-state index contributed by atoms with van der Waals surface area (Å²) in [5.74, 6) is -0.669. The van der Waals surface area contributed by atoms with Crippen molar-refractivity contribution in [1.29, 1.82) is 0 Å². The number of carbonyl (C=O) groups is 1. The summed E-state index contributed by atoms with van der Waals surface area (Å²) < 4.78 is 4.37. The van der Waals surface area contributed by atoms with Gasteiger partial charge in [-0.25, -0.2) is 4.79 Å². The zero-order valence-corrected chi connectivity index (χ0v) is 5.83. The van der Waals surface area contributed by atoms with Crippen molar-refractivity contribution >= 4 is 5.97 Å². The van der Waals surface area contributed by atoms with Gasteiger partial charge in [0.05, 0.1) is 6.26 Å². The minimum absolute atomic E-state index is 0.597. The molecule has 56 valence electrons. The van der Waals surface area contributed by atoms with Gasteiger partial charge in [0, 0.05) is 0 Å². The van der Waals surface area contributed by atoms with E-state index in [0.29, 0.717) is 0 Å². The molecule has 0 radical (unpaired) electrons. The molecule has 0 aromatic carbocycles. The number of hydrogen-bond acceptors (Lipinski definition) is 3. The quantitative estimate of drug-likeness (QED) is 0.357. The van der Waals surface area contributed by atoms with Gasteiger partial charge in [-0.3, -0.25) is 0 Å². The van der Waals surface area contributed by atoms with E-state index in [1.165, 1.54) is 12.3 Å². The van der Waals surface area contributed by atoms with Gasteiger partial charge >= 0.3 is 5.97 Å². The maximum absolute atomic E-state index is 10.2. The lowest BCUT2D eigenvalue weighted by molar-refractivity contribution is -0.141. The molecule has 0 rings (SSSR count). The fraction of sp³-hybridized carbons (Fsp3) is 0.286. The fourth-order valence-corrected chi connectivity index (χ4v) is 0.263. The molecule has 0 fully saturated rings. The van der Waals surface area contributed by atoms with Crippen molar-refractivity contribution in [3.63, 3.8) is 0 Å². The first-order valence-corrected chi connectivity index (χ1v) is 2.79. The minimum Gasteiger partial charge on any atom is -0.433 e. The Labute approximate surface area is 59.6 Å². The van der Waals surface area contributed by atoms with Crippen molar-refractivity contribution in [2.45, 2.75) is 6.92 Å². The summed E-state index contributed by atoms with van der Waals surface area (Å²) >= 11 is 0. The molecule has 0 aromatic heterocycles. The Morgan fingerprint density at radius 3 is 2.80 bits per heavy atom. The summed E-state index contributed by atoms with van der Waals surface area (Å²) in [5, 5.41) is 8.17. The van der Waals surface area contributed by atoms with Crippen molar-refractivity contribution in [3.8, 4) is 0 Å². The number of aliphatic hydroxyl groups is 1. The van der Waals surface area contributed by atoms with E-state index in [0.717, 1.165) is 5.57 Å². The smallest absolute Gasteiger partial charge is 0.336 e. The van der Waals surface area contributed by atoms with Crippen LogP contribution in [0.3, 0.4) is 0 Å². The number of esters is 1. The lowest BCUT2D eigenvalue weighted by Gasteiger charge is -1.91. The number of ether oxygens (including phenoxy) is 1. The van der Waals surface area contributed by atoms with Gasteiger partial charge in [0.25, 0.3) is 0 Å². The highest BCUT2D eigenvalue weighted by molar-refractivity contribution is 5.70. The molecule has 0 spiro atoms. The predicted molar refractivity (Wildman–Crippen MR) is 37.1 cm³/mol. The normalized spacial score (nSPS) is 9.80. The molecule has 1 N–H and O–H groups in total. The summed E-state index contributed by atoms with van der Waals surface area (Å²) in [6.45, 7) is 4.71. The van der Waals surface area contributed by atoms with E-state index in [9.17, 15) is 4.79 Å². The van der Waals surface area contributed by atoms with Gasteiger partial charge in [-0.05, 0) is 13.0 Å². The van der Waals surface area contributed by atoms with Gasteiger partial charge in [0.2, 0.25) is 0 Å². The van der Waals surface area contributed by atoms with Crippen molar-refractivity contribution in [3.05, 3.63) is 24.5 Å². The van der Waals surface area contributed by atoms with Gasteiger partial charge in [-0.1, -0.05) is 12.2 Å². The molecule has 0 unspecified atom stereocenters. The monoisotopic (exact) mass is 142 g/mol. The molecule has 0 aliphatic carbocycles. The highest BCUT2D eigenvalue weighted by Crippen LogP contribution is 1.89. The first-order chi connectivity index (χ1) is 4.66. The predicted octanol–water partition coefficient (Wildman–Crippen LogP) is 0.612. The van der Waals surface area contributed by atoms with Crippen molar-refractivity contribution in [2.24, 2.45) is 0 Å². The Morgan fingerprint density at radius 1 is 1.80 bits per heavy atom. The zero-order valence-electron chi connectivity index (χ0n) is 5.83. The van der Waals surface area contributed by atoms with Crippen LogP contribution in [-0.4, -0.2) is 17.7 Å². The average Bonchev–Trinajstić information content (AvgIpc) is 1.87. The van der Waals surface area contributed by atoms with E-state index in [-0.39, 0.29) is 0 Å². The van der Waals surface area contributed by atoms with Crippen molar-refractivity contribution < 1.29 is 14.6 Å². The van der Waals surface area contributed by atoms with E-state index in [2.05, 4.69) is 11.3 Å². The Kier molecular flexibility index (Phi) is 4.24. The van der Waals surface area contributed by atoms with Crippen LogP contribution in [-0.2, 0) is 9.53 Å². The van der Waals surface area contributed by atoms with E-state index in [1.54, 1.807) is 6.92 Å². The molecule has 0 bridgehead atoms. The number of rotatable bonds is 3. The van der Waals surface area contributed by atoms with E-state index in [4.69, 9.17) is 5.11 Å². The second kappa shape index (κ2) is 4.76. The molecule has 3 heteroatoms. The molecule has 0 amide bonds. The molecule has 10 heavy (non-hydrogen) atoms. The van der Waals surface area contributed by atoms with Gasteiger partial charge in [-0.15, -0.1) is 0 Å². The standard InChI is InChI=1S/C7H10O3/c1-6(2)3-4-10-7(9)5-8/h3-4,8H,1,5H2,2H3. The number of carbonyl (C=O) groups excluding carboxylic acids is 1. The van der Waals surface area contributed by atoms with Crippen LogP contribution in [0.25, 0.3) is 0 Å². The van der Waals surface area contributed by atoms with Gasteiger partial charge < -0.3 is 9.84 Å². The average molecular weight is 142 g/mol. The van der Waals surface area contributed by atoms with E-state index in [1.807, 2.05) is 0 Å². The molecule has 0 aromatic rings. The second-order valence-corrected chi connectivity index (χ2v) is 1.80. The van der Waals surface area contributed by atoms with Crippen molar-refractivity contribution in [2.75, 3.05) is 6.61 Å². The summed E-state index contributed by atoms with van der Waals surface area (Å²) in [6, 6.07) is 0. The highest BCUT2D eigenvalue weighted by Gasteiger charge is 1.93. The molecule has 0 aliphatic rings. The Bertz CT molecular complexity index is 158. The van der Waals surface area contributed by atoms with Crippen LogP contribution in [0.15, 0.2) is 24.5 Å². The third-order valence-corrected chi connectivity index (χ3v) is 0.681. The van der Waals surface area contributed by atoms with Gasteiger partial charge in [0.1, 0.15) is 6.61 Å². The minimum atomic E-state index is -0.669. The molecule has 0 saturated heterocycles. The molecule has 0 atom stereocenters. The summed E-state index contributed by atoms with van der Waals surface area (Å²) in [6.07, 6.45) is 2.73. The van der Waals surface area contributed by atoms with Crippen LogP contribution in [0.1, 0.15) is 6.92 Å². The van der Waals surface area contributed by atoms with E-state index < -0.39 is 12.6 Å². The molecular formula is C7H10O3. The Balaban J connectivity index is 3.53. The molecule has 3 nitrogen and oxygen atoms in total. The van der Waals surface area contributed by atoms with E-state index >= 15 is 0 Å². The zero-order chi connectivity index (χ0) is 7.98. The summed E-state index contributed by atoms with van der Waals surface area (Å²) in [5.41, 5.74) is 0.783. The molecule has 0 heterocycles. The summed E-state index contributed by atoms with van der Waals surface area (Å²) in [7, 11) is 0. The number of hydrogen-bond donors (Lipinski definition) is 1. The molecule has 0 aliphatic heterocycles. The van der Waals surface area contributed by atoms with Crippen LogP contribution in [0.4, 0.5) is 0 Å². The Hall–Kier alpha value is -1.09. The maximum atomic E-state index is 10.2. The van der Waals surface area contributed by atoms with Crippen LogP contribution in [0.5, 0.6) is 0 Å². The number of aliphatic hydroxyl groups excluding tert-OH is 1. The van der Waals surface area contributed by atoms with Crippen LogP contribution in [0.2, 0.25) is 0 Å². The first kappa shape index (κ1) is 8.91. The maximum Gasteiger partial charge on any atom is 0.336 e. The molecular weight excluding hydrogens is 132 g/mol. The van der Waals surface area contributed by atoms with Crippen LogP contribution < -0.4 is 0 Å². The Morgan fingerprint density at radius 2 is 2.40 bits per heavy atom. The third-order valence-electron chi connectivity index (χ3n) is 0.681. The van der Waals surface area contributed by atoms with Crippen LogP contribution >= 0.6 is 0 Å².